The number of aryl methyl sites for hydroxylation is 2. The third-order valence-corrected chi connectivity index (χ3v) is 8.24. The van der Waals surface area contributed by atoms with Crippen molar-refractivity contribution in [2.24, 2.45) is 0 Å². The Balaban J connectivity index is 1.63. The lowest BCUT2D eigenvalue weighted by molar-refractivity contribution is -0.0907. The lowest BCUT2D eigenvalue weighted by atomic mass is 9.69. The summed E-state index contributed by atoms with van der Waals surface area (Å²) in [6.07, 6.45) is 1.97. The van der Waals surface area contributed by atoms with Crippen LogP contribution in [0.3, 0.4) is 0 Å². The summed E-state index contributed by atoms with van der Waals surface area (Å²) < 4.78 is 12.4. The van der Waals surface area contributed by atoms with Crippen LogP contribution in [0.1, 0.15) is 69.6 Å². The molecule has 3 aromatic carbocycles. The number of rotatable bonds is 4. The quantitative estimate of drug-likeness (QED) is 0.422. The van der Waals surface area contributed by atoms with Gasteiger partial charge in [0.1, 0.15) is 17.3 Å². The summed E-state index contributed by atoms with van der Waals surface area (Å²) in [6.45, 7) is 4.01. The van der Waals surface area contributed by atoms with Gasteiger partial charge in [-0.3, -0.25) is 4.79 Å². The van der Waals surface area contributed by atoms with E-state index < -0.39 is 17.1 Å². The van der Waals surface area contributed by atoms with Crippen molar-refractivity contribution in [2.75, 3.05) is 7.11 Å². The fourth-order valence-electron chi connectivity index (χ4n) is 6.58. The first-order chi connectivity index (χ1) is 17.9. The molecular formula is C31H28N2O4. The molecule has 1 fully saturated rings. The average molecular weight is 493 g/mol. The Labute approximate surface area is 214 Å². The number of benzene rings is 3. The van der Waals surface area contributed by atoms with Crippen molar-refractivity contribution in [3.05, 3.63) is 122 Å². The minimum Gasteiger partial charge on any atom is -0.497 e. The fraction of sp³-hybridized carbons (Fsp3) is 0.290. The van der Waals surface area contributed by atoms with E-state index in [-0.39, 0.29) is 11.5 Å². The summed E-state index contributed by atoms with van der Waals surface area (Å²) in [4.78, 5) is 21.9. The Morgan fingerprint density at radius 1 is 1.05 bits per heavy atom. The van der Waals surface area contributed by atoms with Crippen LogP contribution < -0.4 is 15.0 Å². The fourth-order valence-corrected chi connectivity index (χ4v) is 6.58. The number of methoxy groups -OCH3 is 1. The van der Waals surface area contributed by atoms with Crippen LogP contribution >= 0.6 is 0 Å². The van der Waals surface area contributed by atoms with Gasteiger partial charge in [-0.1, -0.05) is 48.5 Å². The zero-order chi connectivity index (χ0) is 25.5. The molecule has 1 aliphatic heterocycles. The Morgan fingerprint density at radius 2 is 1.78 bits per heavy atom. The highest BCUT2D eigenvalue weighted by atomic mass is 16.5. The summed E-state index contributed by atoms with van der Waals surface area (Å²) in [5.74, 6) is 1.59. The first-order valence-electron chi connectivity index (χ1n) is 12.8. The molecule has 3 aliphatic rings. The number of nitrogens with one attached hydrogen (secondary N) is 1. The van der Waals surface area contributed by atoms with Crippen molar-refractivity contribution in [1.29, 1.82) is 0 Å². The summed E-state index contributed by atoms with van der Waals surface area (Å²) in [7, 11) is 1.62. The zero-order valence-electron chi connectivity index (χ0n) is 21.0. The average Bonchev–Trinajstić information content (AvgIpc) is 3.67. The van der Waals surface area contributed by atoms with Crippen molar-refractivity contribution >= 4 is 0 Å². The summed E-state index contributed by atoms with van der Waals surface area (Å²) >= 11 is 0. The number of nitrogens with zero attached hydrogens (tertiary/aromatic N) is 1. The minimum atomic E-state index is -1.68. The summed E-state index contributed by atoms with van der Waals surface area (Å²) in [5.41, 5.74) is 1.87. The number of ether oxygens (including phenoxy) is 2. The van der Waals surface area contributed by atoms with Crippen LogP contribution in [-0.4, -0.2) is 22.2 Å². The van der Waals surface area contributed by atoms with Crippen LogP contribution in [0, 0.1) is 13.8 Å². The molecule has 6 nitrogen and oxygen atoms in total. The van der Waals surface area contributed by atoms with Crippen molar-refractivity contribution in [3.8, 4) is 11.5 Å². The number of fused-ring (bicyclic) bond motifs is 5. The van der Waals surface area contributed by atoms with Gasteiger partial charge < -0.3 is 19.6 Å². The molecule has 0 spiro atoms. The zero-order valence-corrected chi connectivity index (χ0v) is 21.0. The first kappa shape index (κ1) is 22.3. The molecule has 1 aromatic heterocycles. The number of hydrogen-bond donors (Lipinski definition) is 2. The standard InChI is InChI=1S/C31H28N2O4/c1-17-15-18(2)25-23(16-17)37-31(21-11-13-22(36-3)14-12-21)26(19-7-5-4-6-8-19)24-27(30(25,31)35)32-28(20-9-10-20)33-29(24)34/h4-8,11-16,20,26,35H,9-10H2,1-3H3,(H,32,33,34)/t26-,30+,31+/m1/s1. The van der Waals surface area contributed by atoms with Crippen molar-refractivity contribution in [1.82, 2.24) is 9.97 Å². The van der Waals surface area contributed by atoms with Gasteiger partial charge in [-0.15, -0.1) is 0 Å². The molecule has 7 rings (SSSR count). The van der Waals surface area contributed by atoms with Gasteiger partial charge in [0, 0.05) is 17.0 Å². The molecule has 4 aromatic rings. The lowest BCUT2D eigenvalue weighted by Gasteiger charge is -2.40. The van der Waals surface area contributed by atoms with Gasteiger partial charge in [-0.2, -0.15) is 0 Å². The van der Waals surface area contributed by atoms with Gasteiger partial charge in [0.2, 0.25) is 0 Å². The largest absolute Gasteiger partial charge is 0.497 e. The maximum Gasteiger partial charge on any atom is 0.255 e. The van der Waals surface area contributed by atoms with E-state index in [2.05, 4.69) is 11.1 Å². The number of aromatic amines is 1. The lowest BCUT2D eigenvalue weighted by Crippen LogP contribution is -2.49. The van der Waals surface area contributed by atoms with Crippen LogP contribution in [-0.2, 0) is 11.2 Å². The van der Waals surface area contributed by atoms with Gasteiger partial charge >= 0.3 is 0 Å². The molecule has 0 saturated heterocycles. The normalized spacial score (nSPS) is 25.2. The number of H-pyrrole nitrogens is 1. The highest BCUT2D eigenvalue weighted by Crippen LogP contribution is 2.68. The minimum absolute atomic E-state index is 0.216. The predicted molar refractivity (Wildman–Crippen MR) is 139 cm³/mol. The molecule has 2 aliphatic carbocycles. The molecule has 3 atom stereocenters. The highest BCUT2D eigenvalue weighted by Gasteiger charge is 2.73. The van der Waals surface area contributed by atoms with Crippen LogP contribution in [0.25, 0.3) is 0 Å². The SMILES string of the molecule is COc1ccc([C@@]23Oc4cc(C)cc(C)c4[C@]2(O)c2nc(C4CC4)[nH]c(=O)c2[C@H]3c2ccccc2)cc1. The van der Waals surface area contributed by atoms with Gasteiger partial charge in [0.05, 0.1) is 24.3 Å². The molecule has 6 heteroatoms. The second kappa shape index (κ2) is 7.56. The third-order valence-electron chi connectivity index (χ3n) is 8.24. The maximum absolute atomic E-state index is 13.9. The van der Waals surface area contributed by atoms with E-state index in [9.17, 15) is 9.90 Å². The molecule has 0 unspecified atom stereocenters. The molecule has 37 heavy (non-hydrogen) atoms. The second-order valence-corrected chi connectivity index (χ2v) is 10.6. The first-order valence-corrected chi connectivity index (χ1v) is 12.8. The topological polar surface area (TPSA) is 84.4 Å². The Bertz CT molecular complexity index is 1610. The Hall–Kier alpha value is -3.90. The van der Waals surface area contributed by atoms with Gasteiger partial charge in [0.15, 0.2) is 11.2 Å². The molecule has 0 bridgehead atoms. The van der Waals surface area contributed by atoms with Crippen molar-refractivity contribution < 1.29 is 14.6 Å². The molecule has 186 valence electrons. The molecule has 2 heterocycles. The molecule has 0 radical (unpaired) electrons. The molecular weight excluding hydrogens is 464 g/mol. The summed E-state index contributed by atoms with van der Waals surface area (Å²) in [6, 6.07) is 21.4. The van der Waals surface area contributed by atoms with E-state index in [0.717, 1.165) is 35.1 Å². The number of aromatic nitrogens is 2. The predicted octanol–water partition coefficient (Wildman–Crippen LogP) is 4.94. The van der Waals surface area contributed by atoms with Crippen LogP contribution in [0.2, 0.25) is 0 Å². The van der Waals surface area contributed by atoms with E-state index in [4.69, 9.17) is 14.5 Å². The summed E-state index contributed by atoms with van der Waals surface area (Å²) in [5, 5.41) is 13.1. The Morgan fingerprint density at radius 3 is 2.46 bits per heavy atom. The second-order valence-electron chi connectivity index (χ2n) is 10.6. The van der Waals surface area contributed by atoms with Gasteiger partial charge in [-0.05, 0) is 61.6 Å². The van der Waals surface area contributed by atoms with E-state index in [1.54, 1.807) is 7.11 Å². The van der Waals surface area contributed by atoms with Crippen molar-refractivity contribution in [3.63, 3.8) is 0 Å². The monoisotopic (exact) mass is 492 g/mol. The third kappa shape index (κ3) is 2.85. The van der Waals surface area contributed by atoms with Crippen LogP contribution in [0.4, 0.5) is 0 Å². The van der Waals surface area contributed by atoms with E-state index in [1.807, 2.05) is 74.5 Å². The molecule has 1 saturated carbocycles. The molecule has 2 N–H and O–H groups in total. The smallest absolute Gasteiger partial charge is 0.255 e. The highest BCUT2D eigenvalue weighted by molar-refractivity contribution is 5.66. The van der Waals surface area contributed by atoms with Gasteiger partial charge in [-0.25, -0.2) is 4.98 Å². The number of aliphatic hydroxyl groups is 1. The van der Waals surface area contributed by atoms with E-state index >= 15 is 0 Å². The van der Waals surface area contributed by atoms with Crippen molar-refractivity contribution in [2.45, 2.75) is 49.7 Å². The van der Waals surface area contributed by atoms with E-state index in [1.165, 1.54) is 0 Å². The van der Waals surface area contributed by atoms with E-state index in [0.29, 0.717) is 34.1 Å². The maximum atomic E-state index is 13.9. The Kier molecular flexibility index (Phi) is 4.56. The van der Waals surface area contributed by atoms with Gasteiger partial charge in [0.25, 0.3) is 5.56 Å². The van der Waals surface area contributed by atoms with Crippen LogP contribution in [0.5, 0.6) is 11.5 Å². The number of hydrogen-bond acceptors (Lipinski definition) is 5. The van der Waals surface area contributed by atoms with Crippen LogP contribution in [0.15, 0.2) is 71.5 Å². The molecule has 0 amide bonds.